The van der Waals surface area contributed by atoms with Crippen LogP contribution in [0.3, 0.4) is 0 Å². The molecule has 0 amide bonds. The topological polar surface area (TPSA) is 94.3 Å². The van der Waals surface area contributed by atoms with Gasteiger partial charge in [0.1, 0.15) is 5.69 Å². The van der Waals surface area contributed by atoms with Crippen LogP contribution in [0.1, 0.15) is 56.0 Å². The number of aromatic amines is 1. The summed E-state index contributed by atoms with van der Waals surface area (Å²) < 4.78 is 3.81. The van der Waals surface area contributed by atoms with Crippen molar-refractivity contribution in [1.29, 1.82) is 0 Å². The van der Waals surface area contributed by atoms with E-state index < -0.39 is 0 Å². The Hall–Kier alpha value is -4.33. The highest BCUT2D eigenvalue weighted by Gasteiger charge is 2.18. The summed E-state index contributed by atoms with van der Waals surface area (Å²) >= 11 is 0. The monoisotopic (exact) mass is 507 g/mol. The van der Waals surface area contributed by atoms with Crippen molar-refractivity contribution in [2.75, 3.05) is 0 Å². The van der Waals surface area contributed by atoms with Gasteiger partial charge in [0, 0.05) is 23.7 Å². The van der Waals surface area contributed by atoms with Gasteiger partial charge in [-0.25, -0.2) is 9.89 Å². The number of nitrogens with one attached hydrogen (secondary N) is 1. The first-order chi connectivity index (χ1) is 18.6. The molecule has 2 aromatic carbocycles. The van der Waals surface area contributed by atoms with Gasteiger partial charge in [-0.1, -0.05) is 82.1 Å². The second-order valence-electron chi connectivity index (χ2n) is 9.48. The molecular weight excluding hydrogens is 474 g/mol. The van der Waals surface area contributed by atoms with Crippen LogP contribution < -0.4 is 5.69 Å². The molecule has 194 valence electrons. The van der Waals surface area contributed by atoms with Gasteiger partial charge >= 0.3 is 5.69 Å². The standard InChI is InChI=1S/C30H33N7O/c1-4-9-24-12-7-11-22(6-3)28(24)37-20-25(10-5-2)36(30(37)38)19-21-14-16-23(17-15-21)26-13-8-18-31-27(26)29-32-34-35-33-29/h7-8,11-18,20H,4-6,9-10,19H2,1-3H3,(H,32,33,34,35). The lowest BCUT2D eigenvalue weighted by Gasteiger charge is -2.14. The van der Waals surface area contributed by atoms with Crippen LogP contribution >= 0.6 is 0 Å². The van der Waals surface area contributed by atoms with E-state index in [1.807, 2.05) is 21.3 Å². The lowest BCUT2D eigenvalue weighted by molar-refractivity contribution is 0.690. The van der Waals surface area contributed by atoms with E-state index in [-0.39, 0.29) is 5.69 Å². The van der Waals surface area contributed by atoms with E-state index in [0.29, 0.717) is 18.1 Å². The third-order valence-electron chi connectivity index (χ3n) is 6.90. The number of tetrazole rings is 1. The molecule has 0 fully saturated rings. The largest absolute Gasteiger partial charge is 0.333 e. The number of nitrogens with zero attached hydrogens (tertiary/aromatic N) is 6. The van der Waals surface area contributed by atoms with E-state index in [9.17, 15) is 4.79 Å². The average Bonchev–Trinajstić information content (AvgIpc) is 3.59. The Morgan fingerprint density at radius 2 is 1.68 bits per heavy atom. The highest BCUT2D eigenvalue weighted by Crippen LogP contribution is 2.28. The summed E-state index contributed by atoms with van der Waals surface area (Å²) in [6, 6.07) is 18.6. The maximum Gasteiger partial charge on any atom is 0.333 e. The zero-order valence-electron chi connectivity index (χ0n) is 22.2. The molecule has 8 heteroatoms. The Labute approximate surface area is 222 Å². The van der Waals surface area contributed by atoms with Crippen LogP contribution in [-0.2, 0) is 25.8 Å². The van der Waals surface area contributed by atoms with Crippen LogP contribution in [0, 0.1) is 0 Å². The van der Waals surface area contributed by atoms with Gasteiger partial charge in [0.05, 0.1) is 12.2 Å². The molecule has 0 aliphatic carbocycles. The average molecular weight is 508 g/mol. The SMILES string of the molecule is CCCc1cccc(CC)c1-n1cc(CCC)n(Cc2ccc(-c3cccnc3-c3nnn[nH]3)cc2)c1=O. The summed E-state index contributed by atoms with van der Waals surface area (Å²) in [7, 11) is 0. The number of hydrogen-bond acceptors (Lipinski definition) is 5. The van der Waals surface area contributed by atoms with E-state index >= 15 is 0 Å². The minimum absolute atomic E-state index is 0.0168. The van der Waals surface area contributed by atoms with Gasteiger partial charge in [0.25, 0.3) is 0 Å². The number of pyridine rings is 1. The molecule has 8 nitrogen and oxygen atoms in total. The van der Waals surface area contributed by atoms with E-state index in [4.69, 9.17) is 0 Å². The molecule has 5 rings (SSSR count). The van der Waals surface area contributed by atoms with Crippen LogP contribution in [0.4, 0.5) is 0 Å². The quantitative estimate of drug-likeness (QED) is 0.273. The van der Waals surface area contributed by atoms with Gasteiger partial charge < -0.3 is 0 Å². The number of aryl methyl sites for hydroxylation is 3. The Bertz CT molecular complexity index is 1560. The number of rotatable bonds is 10. The fraction of sp³-hybridized carbons (Fsp3) is 0.300. The van der Waals surface area contributed by atoms with E-state index in [1.165, 1.54) is 11.1 Å². The summed E-state index contributed by atoms with van der Waals surface area (Å²) in [6.07, 6.45) is 8.48. The maximum absolute atomic E-state index is 13.9. The molecule has 0 radical (unpaired) electrons. The number of imidazole rings is 1. The van der Waals surface area contributed by atoms with Crippen molar-refractivity contribution in [2.24, 2.45) is 0 Å². The zero-order valence-corrected chi connectivity index (χ0v) is 22.2. The molecule has 1 N–H and O–H groups in total. The third-order valence-corrected chi connectivity index (χ3v) is 6.90. The molecular formula is C30H33N7O. The lowest BCUT2D eigenvalue weighted by atomic mass is 10.0. The first-order valence-corrected chi connectivity index (χ1v) is 13.3. The van der Waals surface area contributed by atoms with E-state index in [0.717, 1.165) is 60.2 Å². The Morgan fingerprint density at radius 3 is 2.39 bits per heavy atom. The molecule has 5 aromatic rings. The van der Waals surface area contributed by atoms with Crippen molar-refractivity contribution in [3.8, 4) is 28.3 Å². The second kappa shape index (κ2) is 11.4. The lowest BCUT2D eigenvalue weighted by Crippen LogP contribution is -2.26. The number of para-hydroxylation sites is 1. The van der Waals surface area contributed by atoms with Crippen molar-refractivity contribution in [3.63, 3.8) is 0 Å². The normalized spacial score (nSPS) is 11.2. The molecule has 38 heavy (non-hydrogen) atoms. The Morgan fingerprint density at radius 1 is 0.895 bits per heavy atom. The van der Waals surface area contributed by atoms with Gasteiger partial charge in [-0.15, -0.1) is 5.10 Å². The van der Waals surface area contributed by atoms with Crippen LogP contribution in [-0.4, -0.2) is 34.7 Å². The third kappa shape index (κ3) is 4.94. The highest BCUT2D eigenvalue weighted by molar-refractivity contribution is 5.77. The highest BCUT2D eigenvalue weighted by atomic mass is 16.1. The first kappa shape index (κ1) is 25.3. The summed E-state index contributed by atoms with van der Waals surface area (Å²) in [5.74, 6) is 0.525. The van der Waals surface area contributed by atoms with Crippen molar-refractivity contribution in [3.05, 3.63) is 99.9 Å². The van der Waals surface area contributed by atoms with E-state index in [1.54, 1.807) is 6.20 Å². The summed E-state index contributed by atoms with van der Waals surface area (Å²) in [5, 5.41) is 14.2. The van der Waals surface area contributed by atoms with Crippen LogP contribution in [0.5, 0.6) is 0 Å². The predicted octanol–water partition coefficient (Wildman–Crippen LogP) is 5.40. The van der Waals surface area contributed by atoms with Crippen LogP contribution in [0.2, 0.25) is 0 Å². The number of hydrogen-bond donors (Lipinski definition) is 1. The zero-order chi connectivity index (χ0) is 26.5. The van der Waals surface area contributed by atoms with Crippen molar-refractivity contribution in [1.82, 2.24) is 34.7 Å². The molecule has 0 atom stereocenters. The second-order valence-corrected chi connectivity index (χ2v) is 9.48. The van der Waals surface area contributed by atoms with Gasteiger partial charge in [-0.05, 0) is 58.0 Å². The molecule has 0 unspecified atom stereocenters. The molecule has 0 aliphatic rings. The molecule has 0 bridgehead atoms. The van der Waals surface area contributed by atoms with Crippen molar-refractivity contribution < 1.29 is 0 Å². The smallest absolute Gasteiger partial charge is 0.292 e. The van der Waals surface area contributed by atoms with Gasteiger partial charge in [-0.3, -0.25) is 14.1 Å². The van der Waals surface area contributed by atoms with Crippen LogP contribution in [0.15, 0.2) is 71.8 Å². The minimum atomic E-state index is 0.0168. The summed E-state index contributed by atoms with van der Waals surface area (Å²) in [6.45, 7) is 7.00. The fourth-order valence-electron chi connectivity index (χ4n) is 5.08. The van der Waals surface area contributed by atoms with Crippen molar-refractivity contribution in [2.45, 2.75) is 59.4 Å². The molecule has 0 saturated carbocycles. The maximum atomic E-state index is 13.9. The van der Waals surface area contributed by atoms with Gasteiger partial charge in [-0.2, -0.15) is 0 Å². The fourth-order valence-corrected chi connectivity index (χ4v) is 5.08. The van der Waals surface area contributed by atoms with Crippen molar-refractivity contribution >= 4 is 0 Å². The molecule has 0 spiro atoms. The van der Waals surface area contributed by atoms with Gasteiger partial charge in [0.15, 0.2) is 5.82 Å². The van der Waals surface area contributed by atoms with Gasteiger partial charge in [0.2, 0.25) is 0 Å². The predicted molar refractivity (Wildman–Crippen MR) is 149 cm³/mol. The Balaban J connectivity index is 1.51. The molecule has 3 heterocycles. The minimum Gasteiger partial charge on any atom is -0.292 e. The number of H-pyrrole nitrogens is 1. The number of aromatic nitrogens is 7. The van der Waals surface area contributed by atoms with Crippen LogP contribution in [0.25, 0.3) is 28.3 Å². The Kier molecular flexibility index (Phi) is 7.58. The summed E-state index contributed by atoms with van der Waals surface area (Å²) in [5.41, 5.74) is 8.27. The van der Waals surface area contributed by atoms with E-state index in [2.05, 4.69) is 95.0 Å². The molecule has 0 saturated heterocycles. The first-order valence-electron chi connectivity index (χ1n) is 13.3. The number of benzene rings is 2. The molecule has 3 aromatic heterocycles. The molecule has 0 aliphatic heterocycles. The summed E-state index contributed by atoms with van der Waals surface area (Å²) in [4.78, 5) is 18.3.